The summed E-state index contributed by atoms with van der Waals surface area (Å²) in [6.45, 7) is 4.71. The van der Waals surface area contributed by atoms with Crippen LogP contribution in [0.15, 0.2) is 29.3 Å². The zero-order valence-corrected chi connectivity index (χ0v) is 17.6. The Morgan fingerprint density at radius 3 is 2.33 bits per heavy atom. The highest BCUT2D eigenvalue weighted by molar-refractivity contribution is 5.98. The van der Waals surface area contributed by atoms with Crippen molar-refractivity contribution in [1.82, 2.24) is 19.6 Å². The summed E-state index contributed by atoms with van der Waals surface area (Å²) >= 11 is 0. The van der Waals surface area contributed by atoms with Crippen LogP contribution in [-0.4, -0.2) is 81.9 Å². The van der Waals surface area contributed by atoms with E-state index in [1.807, 2.05) is 0 Å². The Morgan fingerprint density at radius 1 is 1.23 bits per heavy atom. The second-order valence-electron chi connectivity index (χ2n) is 7.89. The van der Waals surface area contributed by atoms with Gasteiger partial charge in [-0.1, -0.05) is 12.1 Å². The summed E-state index contributed by atoms with van der Waals surface area (Å²) in [5.41, 5.74) is -0.475. The van der Waals surface area contributed by atoms with Crippen molar-refractivity contribution in [3.63, 3.8) is 0 Å². The average Bonchev–Trinajstić information content (AvgIpc) is 2.60. The molecule has 0 spiro atoms. The third-order valence-electron chi connectivity index (χ3n) is 3.99. The van der Waals surface area contributed by atoms with Gasteiger partial charge in [-0.25, -0.2) is 23.7 Å². The molecule has 0 unspecified atom stereocenters. The second-order valence-corrected chi connectivity index (χ2v) is 7.89. The van der Waals surface area contributed by atoms with Gasteiger partial charge in [0.1, 0.15) is 11.4 Å². The number of urea groups is 1. The first kappa shape index (κ1) is 22.9. The molecule has 0 bridgehead atoms. The highest BCUT2D eigenvalue weighted by atomic mass is 19.1. The van der Waals surface area contributed by atoms with E-state index in [9.17, 15) is 23.9 Å². The van der Waals surface area contributed by atoms with Gasteiger partial charge < -0.3 is 24.5 Å². The van der Waals surface area contributed by atoms with Gasteiger partial charge in [0.05, 0.1) is 19.9 Å². The molecule has 0 aliphatic carbocycles. The number of carbonyl (C=O) groups excluding carboxylic acids is 2. The maximum absolute atomic E-state index is 13.6. The standard InChI is InChI=1S/C19H26FN5O5/c1-19(2,3)30-16(26)21-15(24-11-22(4)17(27)23(5)12-24)25(18(28)29)10-13-7-6-8-14(20)9-13/h6-9H,10-12H2,1-5H3,(H,28,29)/b21-15-. The van der Waals surface area contributed by atoms with E-state index in [-0.39, 0.29) is 31.9 Å². The molecule has 2 rings (SSSR count). The predicted molar refractivity (Wildman–Crippen MR) is 106 cm³/mol. The number of guanidine groups is 1. The van der Waals surface area contributed by atoms with E-state index in [2.05, 4.69) is 4.99 Å². The predicted octanol–water partition coefficient (Wildman–Crippen LogP) is 2.81. The molecule has 0 radical (unpaired) electrons. The summed E-state index contributed by atoms with van der Waals surface area (Å²) in [5, 5.41) is 9.81. The zero-order valence-electron chi connectivity index (χ0n) is 17.6. The molecule has 1 fully saturated rings. The number of amides is 4. The summed E-state index contributed by atoms with van der Waals surface area (Å²) in [5.74, 6) is -0.751. The van der Waals surface area contributed by atoms with Crippen molar-refractivity contribution in [3.8, 4) is 0 Å². The van der Waals surface area contributed by atoms with Crippen LogP contribution < -0.4 is 0 Å². The zero-order chi connectivity index (χ0) is 22.6. The summed E-state index contributed by atoms with van der Waals surface area (Å²) in [6.07, 6.45) is -2.38. The Balaban J connectivity index is 2.44. The number of rotatable bonds is 2. The maximum Gasteiger partial charge on any atom is 0.437 e. The maximum atomic E-state index is 13.6. The molecule has 1 aromatic rings. The quantitative estimate of drug-likeness (QED) is 0.579. The van der Waals surface area contributed by atoms with Gasteiger partial charge in [0.25, 0.3) is 0 Å². The Kier molecular flexibility index (Phi) is 6.85. The SMILES string of the molecule is CN1CN(/C(=N/C(=O)OC(C)(C)C)N(Cc2cccc(F)c2)C(=O)O)CN(C)C1=O. The molecule has 1 saturated heterocycles. The lowest BCUT2D eigenvalue weighted by molar-refractivity contribution is 0.0586. The third-order valence-corrected chi connectivity index (χ3v) is 3.99. The minimum atomic E-state index is -1.40. The number of halogens is 1. The molecule has 1 aliphatic heterocycles. The molecular formula is C19H26FN5O5. The van der Waals surface area contributed by atoms with E-state index in [1.165, 1.54) is 47.0 Å². The van der Waals surface area contributed by atoms with Gasteiger partial charge in [-0.3, -0.25) is 0 Å². The van der Waals surface area contributed by atoms with Crippen LogP contribution >= 0.6 is 0 Å². The van der Waals surface area contributed by atoms with Crippen LogP contribution in [0.25, 0.3) is 0 Å². The summed E-state index contributed by atoms with van der Waals surface area (Å²) in [4.78, 5) is 45.3. The van der Waals surface area contributed by atoms with Crippen LogP contribution in [0.5, 0.6) is 0 Å². The molecule has 1 aliphatic rings. The average molecular weight is 423 g/mol. The van der Waals surface area contributed by atoms with Gasteiger partial charge in [0.15, 0.2) is 0 Å². The van der Waals surface area contributed by atoms with Gasteiger partial charge in [-0.05, 0) is 38.5 Å². The van der Waals surface area contributed by atoms with Crippen molar-refractivity contribution in [2.75, 3.05) is 27.4 Å². The first-order valence-electron chi connectivity index (χ1n) is 9.15. The molecule has 10 nitrogen and oxygen atoms in total. The molecule has 1 aromatic carbocycles. The van der Waals surface area contributed by atoms with Crippen LogP contribution in [0.2, 0.25) is 0 Å². The van der Waals surface area contributed by atoms with E-state index in [0.717, 1.165) is 4.90 Å². The smallest absolute Gasteiger partial charge is 0.437 e. The van der Waals surface area contributed by atoms with Crippen molar-refractivity contribution in [2.24, 2.45) is 4.99 Å². The van der Waals surface area contributed by atoms with Gasteiger partial charge in [0.2, 0.25) is 5.96 Å². The van der Waals surface area contributed by atoms with Crippen molar-refractivity contribution >= 4 is 24.2 Å². The minimum absolute atomic E-state index is 0.00225. The third kappa shape index (κ3) is 6.06. The number of benzene rings is 1. The van der Waals surface area contributed by atoms with Crippen molar-refractivity contribution < 1.29 is 28.6 Å². The molecule has 0 atom stereocenters. The monoisotopic (exact) mass is 423 g/mol. The minimum Gasteiger partial charge on any atom is -0.465 e. The summed E-state index contributed by atoms with van der Waals surface area (Å²) < 4.78 is 18.8. The second kappa shape index (κ2) is 8.97. The summed E-state index contributed by atoms with van der Waals surface area (Å²) in [6, 6.07) is 5.18. The van der Waals surface area contributed by atoms with Crippen molar-refractivity contribution in [2.45, 2.75) is 32.9 Å². The van der Waals surface area contributed by atoms with E-state index in [4.69, 9.17) is 4.74 Å². The summed E-state index contributed by atoms with van der Waals surface area (Å²) in [7, 11) is 3.07. The van der Waals surface area contributed by atoms with Gasteiger partial charge in [-0.2, -0.15) is 0 Å². The fraction of sp³-hybridized carbons (Fsp3) is 0.474. The van der Waals surface area contributed by atoms with E-state index < -0.39 is 23.6 Å². The highest BCUT2D eigenvalue weighted by Gasteiger charge is 2.33. The number of carbonyl (C=O) groups is 3. The van der Waals surface area contributed by atoms with Crippen LogP contribution in [0.4, 0.5) is 18.8 Å². The Labute approximate surface area is 174 Å². The number of hydrogen-bond donors (Lipinski definition) is 1. The molecular weight excluding hydrogens is 397 g/mol. The van der Waals surface area contributed by atoms with Crippen LogP contribution in [0.3, 0.4) is 0 Å². The lowest BCUT2D eigenvalue weighted by atomic mass is 10.2. The largest absolute Gasteiger partial charge is 0.465 e. The molecule has 30 heavy (non-hydrogen) atoms. The number of hydrogen-bond acceptors (Lipinski definition) is 4. The molecule has 0 saturated carbocycles. The Hall–Kier alpha value is -3.37. The molecule has 1 heterocycles. The number of carboxylic acid groups (broad SMARTS) is 1. The van der Waals surface area contributed by atoms with E-state index >= 15 is 0 Å². The first-order chi connectivity index (χ1) is 13.9. The molecule has 164 valence electrons. The van der Waals surface area contributed by atoms with Crippen molar-refractivity contribution in [1.29, 1.82) is 0 Å². The molecule has 0 aromatic heterocycles. The normalized spacial score (nSPS) is 15.3. The van der Waals surface area contributed by atoms with Crippen LogP contribution in [0, 0.1) is 5.82 Å². The fourth-order valence-corrected chi connectivity index (χ4v) is 2.81. The van der Waals surface area contributed by atoms with E-state index in [1.54, 1.807) is 26.8 Å². The lowest BCUT2D eigenvalue weighted by Crippen LogP contribution is -2.60. The first-order valence-corrected chi connectivity index (χ1v) is 9.15. The van der Waals surface area contributed by atoms with E-state index in [0.29, 0.717) is 5.56 Å². The lowest BCUT2D eigenvalue weighted by Gasteiger charge is -2.41. The van der Waals surface area contributed by atoms with Gasteiger partial charge in [-0.15, -0.1) is 4.99 Å². The number of aliphatic imine (C=N–C) groups is 1. The van der Waals surface area contributed by atoms with Crippen molar-refractivity contribution in [3.05, 3.63) is 35.6 Å². The van der Waals surface area contributed by atoms with Crippen LogP contribution in [0.1, 0.15) is 26.3 Å². The topological polar surface area (TPSA) is 106 Å². The number of nitrogens with zero attached hydrogens (tertiary/aromatic N) is 5. The van der Waals surface area contributed by atoms with Gasteiger partial charge in [0, 0.05) is 14.1 Å². The fourth-order valence-electron chi connectivity index (χ4n) is 2.81. The van der Waals surface area contributed by atoms with Crippen LogP contribution in [-0.2, 0) is 11.3 Å². The Morgan fingerprint density at radius 2 is 1.83 bits per heavy atom. The Bertz CT molecular complexity index is 840. The number of ether oxygens (including phenoxy) is 1. The highest BCUT2D eigenvalue weighted by Crippen LogP contribution is 2.16. The molecule has 11 heteroatoms. The molecule has 4 amide bonds. The van der Waals surface area contributed by atoms with Gasteiger partial charge >= 0.3 is 18.2 Å². The molecule has 1 N–H and O–H groups in total.